The highest BCUT2D eigenvalue weighted by Crippen LogP contribution is 2.39. The Bertz CT molecular complexity index is 2030. The molecule has 14 N–H and O–H groups in total. The molecule has 2 amide bonds. The third-order valence-corrected chi connectivity index (χ3v) is 19.1. The molecule has 0 saturated carbocycles. The zero-order valence-corrected chi connectivity index (χ0v) is 59.0. The third-order valence-electron chi connectivity index (χ3n) is 19.1. The van der Waals surface area contributed by atoms with Gasteiger partial charge >= 0.3 is 5.97 Å². The van der Waals surface area contributed by atoms with Crippen molar-refractivity contribution in [3.05, 3.63) is 24.3 Å². The van der Waals surface area contributed by atoms with E-state index in [4.69, 9.17) is 28.4 Å². The number of carboxylic acids is 1. The van der Waals surface area contributed by atoms with E-state index in [1.54, 1.807) is 6.08 Å². The first-order valence-electron chi connectivity index (χ1n) is 37.7. The van der Waals surface area contributed by atoms with Crippen LogP contribution in [-0.2, 0) is 42.8 Å². The van der Waals surface area contributed by atoms with Crippen LogP contribution in [0, 0.1) is 0 Å². The molecule has 0 aromatic carbocycles. The minimum absolute atomic E-state index is 0.196. The number of aliphatic carboxylic acids is 1. The Balaban J connectivity index is 1.57. The number of unbranched alkanes of at least 4 members (excludes halogenated alkanes) is 36. The van der Waals surface area contributed by atoms with E-state index in [-0.39, 0.29) is 12.3 Å². The van der Waals surface area contributed by atoms with Crippen LogP contribution >= 0.6 is 0 Å². The van der Waals surface area contributed by atoms with Gasteiger partial charge in [-0.1, -0.05) is 244 Å². The van der Waals surface area contributed by atoms with E-state index >= 15 is 0 Å². The van der Waals surface area contributed by atoms with Crippen LogP contribution in [0.3, 0.4) is 0 Å². The third kappa shape index (κ3) is 34.3. The van der Waals surface area contributed by atoms with Crippen LogP contribution in [0.1, 0.15) is 284 Å². The second kappa shape index (κ2) is 53.1. The van der Waals surface area contributed by atoms with Gasteiger partial charge in [-0.3, -0.25) is 9.59 Å². The van der Waals surface area contributed by atoms with Crippen molar-refractivity contribution in [2.75, 3.05) is 26.4 Å². The minimum atomic E-state index is -3.08. The number of aliphatic hydroxyl groups excluding tert-OH is 11. The van der Waals surface area contributed by atoms with E-state index in [0.29, 0.717) is 12.8 Å². The number of rotatable bonds is 58. The topological polar surface area (TPSA) is 373 Å². The van der Waals surface area contributed by atoms with Crippen molar-refractivity contribution in [2.45, 2.75) is 394 Å². The fourth-order valence-electron chi connectivity index (χ4n) is 13.1. The highest BCUT2D eigenvalue weighted by atomic mass is 16.8. The van der Waals surface area contributed by atoms with E-state index in [1.807, 2.05) is 6.08 Å². The second-order valence-corrected chi connectivity index (χ2v) is 27.5. The molecule has 96 heavy (non-hydrogen) atoms. The molecule has 18 atom stereocenters. The smallest absolute Gasteiger partial charge is 0.364 e. The van der Waals surface area contributed by atoms with Crippen molar-refractivity contribution in [2.24, 2.45) is 0 Å². The van der Waals surface area contributed by atoms with Crippen molar-refractivity contribution in [3.63, 3.8) is 0 Å². The maximum absolute atomic E-state index is 13.5. The van der Waals surface area contributed by atoms with Gasteiger partial charge in [-0.15, -0.1) is 0 Å². The molecule has 23 nitrogen and oxygen atoms in total. The zero-order chi connectivity index (χ0) is 70.4. The molecule has 3 saturated heterocycles. The summed E-state index contributed by atoms with van der Waals surface area (Å²) in [5.41, 5.74) is 0. The maximum atomic E-state index is 13.5. The van der Waals surface area contributed by atoms with Crippen LogP contribution in [0.5, 0.6) is 0 Å². The van der Waals surface area contributed by atoms with Crippen LogP contribution in [0.2, 0.25) is 0 Å². The number of amides is 2. The monoisotopic (exact) mass is 1370 g/mol. The number of carboxylic acid groups (broad SMARTS) is 1. The summed E-state index contributed by atoms with van der Waals surface area (Å²) in [5.74, 6) is -6.14. The molecule has 3 rings (SSSR count). The van der Waals surface area contributed by atoms with Crippen molar-refractivity contribution < 1.29 is 104 Å². The number of nitrogens with one attached hydrogen (secondary N) is 2. The van der Waals surface area contributed by atoms with Crippen molar-refractivity contribution in [1.82, 2.24) is 10.6 Å². The molecule has 3 aliphatic rings. The Morgan fingerprint density at radius 3 is 1.42 bits per heavy atom. The fraction of sp³-hybridized carbons (Fsp3) is 0.904. The molecule has 3 aliphatic heterocycles. The summed E-state index contributed by atoms with van der Waals surface area (Å²) >= 11 is 0. The number of carbonyl (C=O) groups is 3. The Morgan fingerprint density at radius 2 is 0.979 bits per heavy atom. The lowest BCUT2D eigenvalue weighted by Gasteiger charge is -2.50. The van der Waals surface area contributed by atoms with Gasteiger partial charge in [0, 0.05) is 19.8 Å². The first-order valence-corrected chi connectivity index (χ1v) is 37.7. The number of carbonyl (C=O) groups excluding carboxylic acids is 2. The second-order valence-electron chi connectivity index (χ2n) is 27.5. The fourth-order valence-corrected chi connectivity index (χ4v) is 13.1. The zero-order valence-electron chi connectivity index (χ0n) is 59.0. The number of allylic oxidation sites excluding steroid dienone is 3. The van der Waals surface area contributed by atoms with Gasteiger partial charge in [-0.05, 0) is 44.9 Å². The van der Waals surface area contributed by atoms with Crippen molar-refractivity contribution in [3.8, 4) is 0 Å². The molecule has 0 aliphatic carbocycles. The quantitative estimate of drug-likeness (QED) is 0.0201. The van der Waals surface area contributed by atoms with Crippen molar-refractivity contribution >= 4 is 17.8 Å². The molecule has 3 fully saturated rings. The van der Waals surface area contributed by atoms with Gasteiger partial charge in [-0.2, -0.15) is 0 Å². The predicted octanol–water partition coefficient (Wildman–Crippen LogP) is 8.40. The Morgan fingerprint density at radius 1 is 0.542 bits per heavy atom. The molecule has 0 aromatic rings. The summed E-state index contributed by atoms with van der Waals surface area (Å²) in [6.45, 7) is 2.17. The van der Waals surface area contributed by atoms with Gasteiger partial charge in [0.2, 0.25) is 11.8 Å². The van der Waals surface area contributed by atoms with E-state index < -0.39 is 155 Å². The summed E-state index contributed by atoms with van der Waals surface area (Å²) in [7, 11) is 0. The number of hydrogen-bond donors (Lipinski definition) is 14. The average Bonchev–Trinajstić information content (AvgIpc) is 0.759. The van der Waals surface area contributed by atoms with Crippen LogP contribution in [0.25, 0.3) is 0 Å². The number of ether oxygens (including phenoxy) is 6. The van der Waals surface area contributed by atoms with E-state index in [1.165, 1.54) is 167 Å². The van der Waals surface area contributed by atoms with Crippen LogP contribution in [-0.4, -0.2) is 215 Å². The molecular weight excluding hydrogens is 1240 g/mol. The van der Waals surface area contributed by atoms with E-state index in [0.717, 1.165) is 77.6 Å². The standard InChI is InChI=1S/C73H134N2O21/c1-4-6-8-10-12-14-16-18-20-22-24-26-27-29-31-33-35-37-39-41-43-45-47-60(83)75-54(55(80)46-44-42-40-38-36-34-32-30-28-25-23-21-19-17-15-13-11-9-7-5-2)52-91-70-65(87)64(86)67(59(51-78)93-70)94-71-66(88)69(63(85)58(50-77)92-71)96-73(72(89)90)48-56(81)61(74-53(3)79)68(95-73)62(84)57(82)49-76/h27,29,44,46,54-59,61-71,76-78,80-82,84-88H,4-26,28,30-43,45,47-52H2,1-3H3,(H,74,79)(H,75,83)(H,89,90)/b29-27-,46-44+. The molecule has 3 heterocycles. The highest BCUT2D eigenvalue weighted by Gasteiger charge is 2.60. The molecule has 0 spiro atoms. The van der Waals surface area contributed by atoms with Crippen LogP contribution < -0.4 is 10.6 Å². The van der Waals surface area contributed by atoms with Gasteiger partial charge in [0.05, 0.1) is 50.7 Å². The molecule has 0 radical (unpaired) electrons. The molecule has 562 valence electrons. The number of hydrogen-bond acceptors (Lipinski definition) is 20. The van der Waals surface area contributed by atoms with E-state index in [2.05, 4.69) is 36.6 Å². The minimum Gasteiger partial charge on any atom is -0.477 e. The van der Waals surface area contributed by atoms with Crippen LogP contribution in [0.4, 0.5) is 0 Å². The first-order chi connectivity index (χ1) is 46.4. The van der Waals surface area contributed by atoms with Gasteiger partial charge in [0.15, 0.2) is 12.6 Å². The largest absolute Gasteiger partial charge is 0.477 e. The Labute approximate surface area is 574 Å². The Hall–Kier alpha value is -2.79. The van der Waals surface area contributed by atoms with Gasteiger partial charge in [0.1, 0.15) is 67.1 Å². The summed E-state index contributed by atoms with van der Waals surface area (Å²) < 4.78 is 34.9. The van der Waals surface area contributed by atoms with Gasteiger partial charge < -0.3 is 100 Å². The molecular formula is C73H134N2O21. The van der Waals surface area contributed by atoms with E-state index in [9.17, 15) is 75.7 Å². The van der Waals surface area contributed by atoms with Gasteiger partial charge in [0.25, 0.3) is 5.79 Å². The van der Waals surface area contributed by atoms with Gasteiger partial charge in [-0.25, -0.2) is 4.79 Å². The summed E-state index contributed by atoms with van der Waals surface area (Å²) in [4.78, 5) is 38.6. The lowest BCUT2D eigenvalue weighted by Crippen LogP contribution is -2.70. The molecule has 18 unspecified atom stereocenters. The van der Waals surface area contributed by atoms with Crippen LogP contribution in [0.15, 0.2) is 24.3 Å². The lowest BCUT2D eigenvalue weighted by atomic mass is 9.88. The molecule has 0 aromatic heterocycles. The average molecular weight is 1380 g/mol. The Kier molecular flexibility index (Phi) is 48.3. The maximum Gasteiger partial charge on any atom is 0.364 e. The van der Waals surface area contributed by atoms with Crippen molar-refractivity contribution in [1.29, 1.82) is 0 Å². The number of aliphatic hydroxyl groups is 11. The SMILES string of the molecule is CCCCCCCCCCCCC/C=C\CCCCCCCCCC(=O)NC(COC1OC(CO)C(OC2OC(CO)C(O)C(OC3(C(=O)O)CC(O)C(NC(C)=O)C(C(O)C(O)CO)O3)C2O)C(O)C1O)C(O)/C=C/CCCCCCCCCCCCCCCCCCCC. The first kappa shape index (κ1) is 87.4. The highest BCUT2D eigenvalue weighted by molar-refractivity contribution is 5.77. The molecule has 23 heteroatoms. The lowest BCUT2D eigenvalue weighted by molar-refractivity contribution is -0.386. The molecule has 0 bridgehead atoms. The summed E-state index contributed by atoms with van der Waals surface area (Å²) in [5, 5.41) is 136. The normalized spacial score (nSPS) is 27.7. The predicted molar refractivity (Wildman–Crippen MR) is 366 cm³/mol. The summed E-state index contributed by atoms with van der Waals surface area (Å²) in [6.07, 6.45) is 26.4. The summed E-state index contributed by atoms with van der Waals surface area (Å²) in [6, 6.07) is -2.62.